The second-order valence-corrected chi connectivity index (χ2v) is 3.46. The van der Waals surface area contributed by atoms with E-state index in [4.69, 9.17) is 0 Å². The second kappa shape index (κ2) is 3.86. The molecule has 0 spiro atoms. The number of aromatic amines is 1. The molecule has 2 heterocycles. The van der Waals surface area contributed by atoms with Gasteiger partial charge >= 0.3 is 0 Å². The lowest BCUT2D eigenvalue weighted by Gasteiger charge is -1.94. The molecule has 0 aliphatic rings. The highest BCUT2D eigenvalue weighted by molar-refractivity contribution is 5.73. The number of nitrogens with one attached hydrogen (secondary N) is 2. The molecular formula is C10H14N4O. The van der Waals surface area contributed by atoms with Crippen LogP contribution < -0.4 is 10.9 Å². The van der Waals surface area contributed by atoms with E-state index in [1.807, 2.05) is 13.0 Å². The van der Waals surface area contributed by atoms with E-state index in [2.05, 4.69) is 15.3 Å². The molecule has 0 saturated heterocycles. The zero-order valence-electron chi connectivity index (χ0n) is 8.87. The zero-order valence-corrected chi connectivity index (χ0v) is 8.87. The minimum Gasteiger partial charge on any atom is -0.341 e. The van der Waals surface area contributed by atoms with Gasteiger partial charge in [0.2, 0.25) is 0 Å². The lowest BCUT2D eigenvalue weighted by molar-refractivity contribution is 0.700. The number of aryl methyl sites for hydroxylation is 1. The van der Waals surface area contributed by atoms with Crippen molar-refractivity contribution in [2.24, 2.45) is 7.05 Å². The van der Waals surface area contributed by atoms with E-state index in [0.717, 1.165) is 17.9 Å². The van der Waals surface area contributed by atoms with E-state index < -0.39 is 0 Å². The molecule has 2 aromatic rings. The minimum atomic E-state index is -0.0634. The standard InChI is InChI=1S/C10H14N4O/c1-3-11-6-8-12-7-4-5-14(2)10(15)9(7)13-8/h4-5,11H,3,6H2,1-2H3,(H,12,13). The van der Waals surface area contributed by atoms with Crippen LogP contribution in [0.5, 0.6) is 0 Å². The molecule has 0 atom stereocenters. The smallest absolute Gasteiger partial charge is 0.278 e. The number of hydrogen-bond donors (Lipinski definition) is 2. The Bertz CT molecular complexity index is 526. The quantitative estimate of drug-likeness (QED) is 0.762. The Balaban J connectivity index is 2.47. The molecule has 0 aliphatic heterocycles. The van der Waals surface area contributed by atoms with Crippen LogP contribution >= 0.6 is 0 Å². The number of pyridine rings is 1. The molecule has 5 nitrogen and oxygen atoms in total. The van der Waals surface area contributed by atoms with Crippen molar-refractivity contribution >= 4 is 11.0 Å². The Kier molecular flexibility index (Phi) is 2.55. The highest BCUT2D eigenvalue weighted by Crippen LogP contribution is 2.05. The van der Waals surface area contributed by atoms with Crippen LogP contribution in [0, 0.1) is 0 Å². The summed E-state index contributed by atoms with van der Waals surface area (Å²) in [4.78, 5) is 19.0. The maximum Gasteiger partial charge on any atom is 0.278 e. The predicted octanol–water partition coefficient (Wildman–Crippen LogP) is 0.371. The van der Waals surface area contributed by atoms with Crippen molar-refractivity contribution in [3.05, 3.63) is 28.4 Å². The summed E-state index contributed by atoms with van der Waals surface area (Å²) >= 11 is 0. The molecule has 2 N–H and O–H groups in total. The zero-order chi connectivity index (χ0) is 10.8. The molecule has 0 aromatic carbocycles. The predicted molar refractivity (Wildman–Crippen MR) is 58.7 cm³/mol. The van der Waals surface area contributed by atoms with Crippen molar-refractivity contribution in [1.29, 1.82) is 0 Å². The Morgan fingerprint density at radius 1 is 1.60 bits per heavy atom. The molecule has 0 saturated carbocycles. The van der Waals surface area contributed by atoms with Gasteiger partial charge in [0.25, 0.3) is 5.56 Å². The third-order valence-electron chi connectivity index (χ3n) is 2.31. The van der Waals surface area contributed by atoms with Crippen LogP contribution in [0.25, 0.3) is 11.0 Å². The fourth-order valence-corrected chi connectivity index (χ4v) is 1.47. The fraction of sp³-hybridized carbons (Fsp3) is 0.400. The summed E-state index contributed by atoms with van der Waals surface area (Å²) in [6.07, 6.45) is 1.74. The number of rotatable bonds is 3. The van der Waals surface area contributed by atoms with Gasteiger partial charge in [-0.25, -0.2) is 4.98 Å². The summed E-state index contributed by atoms with van der Waals surface area (Å²) in [6, 6.07) is 1.86. The maximum atomic E-state index is 11.7. The summed E-state index contributed by atoms with van der Waals surface area (Å²) < 4.78 is 1.53. The summed E-state index contributed by atoms with van der Waals surface area (Å²) in [6.45, 7) is 3.57. The normalized spacial score (nSPS) is 11.1. The van der Waals surface area contributed by atoms with Gasteiger partial charge in [0, 0.05) is 13.2 Å². The molecule has 2 aromatic heterocycles. The fourth-order valence-electron chi connectivity index (χ4n) is 1.47. The largest absolute Gasteiger partial charge is 0.341 e. The molecule has 0 amide bonds. The first-order valence-corrected chi connectivity index (χ1v) is 4.97. The van der Waals surface area contributed by atoms with Gasteiger partial charge in [0.1, 0.15) is 5.82 Å². The highest BCUT2D eigenvalue weighted by atomic mass is 16.1. The van der Waals surface area contributed by atoms with Crippen molar-refractivity contribution in [2.75, 3.05) is 6.54 Å². The topological polar surface area (TPSA) is 62.7 Å². The molecule has 0 aliphatic carbocycles. The Morgan fingerprint density at radius 2 is 2.40 bits per heavy atom. The summed E-state index contributed by atoms with van der Waals surface area (Å²) in [5, 5.41) is 3.16. The summed E-state index contributed by atoms with van der Waals surface area (Å²) in [5.74, 6) is 0.801. The molecule has 0 bridgehead atoms. The Hall–Kier alpha value is -1.62. The van der Waals surface area contributed by atoms with Crippen LogP contribution in [-0.2, 0) is 13.6 Å². The van der Waals surface area contributed by atoms with E-state index >= 15 is 0 Å². The Labute approximate surface area is 87.1 Å². The van der Waals surface area contributed by atoms with Crippen molar-refractivity contribution < 1.29 is 0 Å². The van der Waals surface area contributed by atoms with Crippen LogP contribution in [-0.4, -0.2) is 21.1 Å². The van der Waals surface area contributed by atoms with E-state index in [1.165, 1.54) is 4.57 Å². The number of H-pyrrole nitrogens is 1. The van der Waals surface area contributed by atoms with E-state index in [0.29, 0.717) is 12.1 Å². The van der Waals surface area contributed by atoms with Crippen molar-refractivity contribution in [2.45, 2.75) is 13.5 Å². The average Bonchev–Trinajstić information content (AvgIpc) is 2.64. The van der Waals surface area contributed by atoms with Gasteiger partial charge in [0.05, 0.1) is 12.1 Å². The molecular weight excluding hydrogens is 192 g/mol. The molecule has 5 heteroatoms. The monoisotopic (exact) mass is 206 g/mol. The molecule has 0 fully saturated rings. The minimum absolute atomic E-state index is 0.0634. The van der Waals surface area contributed by atoms with Gasteiger partial charge in [0.15, 0.2) is 5.52 Å². The molecule has 15 heavy (non-hydrogen) atoms. The SMILES string of the molecule is CCNCc1nc2c(=O)n(C)ccc2[nH]1. The maximum absolute atomic E-state index is 11.7. The highest BCUT2D eigenvalue weighted by Gasteiger charge is 2.06. The number of fused-ring (bicyclic) bond motifs is 1. The second-order valence-electron chi connectivity index (χ2n) is 3.46. The first kappa shape index (κ1) is 9.92. The average molecular weight is 206 g/mol. The van der Waals surface area contributed by atoms with E-state index in [9.17, 15) is 4.79 Å². The van der Waals surface area contributed by atoms with Gasteiger partial charge in [-0.05, 0) is 12.6 Å². The van der Waals surface area contributed by atoms with Gasteiger partial charge < -0.3 is 14.9 Å². The molecule has 2 rings (SSSR count). The van der Waals surface area contributed by atoms with Gasteiger partial charge in [-0.2, -0.15) is 0 Å². The third-order valence-corrected chi connectivity index (χ3v) is 2.31. The van der Waals surface area contributed by atoms with E-state index in [-0.39, 0.29) is 5.56 Å². The molecule has 0 radical (unpaired) electrons. The third kappa shape index (κ3) is 1.78. The lowest BCUT2D eigenvalue weighted by atomic mass is 10.4. The number of aromatic nitrogens is 3. The van der Waals surface area contributed by atoms with Crippen LogP contribution in [0.1, 0.15) is 12.7 Å². The first-order valence-electron chi connectivity index (χ1n) is 4.97. The lowest BCUT2D eigenvalue weighted by Crippen LogP contribution is -2.16. The summed E-state index contributed by atoms with van der Waals surface area (Å²) in [7, 11) is 1.72. The van der Waals surface area contributed by atoms with Crippen LogP contribution in [0.15, 0.2) is 17.1 Å². The van der Waals surface area contributed by atoms with Crippen LogP contribution in [0.3, 0.4) is 0 Å². The first-order chi connectivity index (χ1) is 7.22. The number of imidazole rings is 1. The van der Waals surface area contributed by atoms with Crippen molar-refractivity contribution in [3.63, 3.8) is 0 Å². The van der Waals surface area contributed by atoms with E-state index in [1.54, 1.807) is 13.2 Å². The van der Waals surface area contributed by atoms with Crippen molar-refractivity contribution in [1.82, 2.24) is 19.9 Å². The van der Waals surface area contributed by atoms with Crippen molar-refractivity contribution in [3.8, 4) is 0 Å². The van der Waals surface area contributed by atoms with Gasteiger partial charge in [-0.1, -0.05) is 6.92 Å². The molecule has 0 unspecified atom stereocenters. The number of nitrogens with zero attached hydrogens (tertiary/aromatic N) is 2. The number of hydrogen-bond acceptors (Lipinski definition) is 3. The van der Waals surface area contributed by atoms with Gasteiger partial charge in [-0.3, -0.25) is 4.79 Å². The van der Waals surface area contributed by atoms with Crippen LogP contribution in [0.2, 0.25) is 0 Å². The van der Waals surface area contributed by atoms with Crippen LogP contribution in [0.4, 0.5) is 0 Å². The summed E-state index contributed by atoms with van der Waals surface area (Å²) in [5.41, 5.74) is 1.24. The molecule has 80 valence electrons. The van der Waals surface area contributed by atoms with Gasteiger partial charge in [-0.15, -0.1) is 0 Å². The Morgan fingerprint density at radius 3 is 3.13 bits per heavy atom.